The maximum atomic E-state index is 13.6. The quantitative estimate of drug-likeness (QED) is 0.343. The molecule has 0 fully saturated rings. The molecule has 4 rings (SSSR count). The summed E-state index contributed by atoms with van der Waals surface area (Å²) in [7, 11) is 4.33. The molecule has 1 heterocycles. The van der Waals surface area contributed by atoms with Crippen molar-refractivity contribution in [1.29, 1.82) is 0 Å². The Labute approximate surface area is 182 Å². The van der Waals surface area contributed by atoms with Gasteiger partial charge in [-0.1, -0.05) is 0 Å². The fourth-order valence-corrected chi connectivity index (χ4v) is 4.21. The first-order valence-corrected chi connectivity index (χ1v) is 9.82. The topological polar surface area (TPSA) is 136 Å². The molecule has 0 unspecified atom stereocenters. The smallest absolute Gasteiger partial charge is 0.270 e. The van der Waals surface area contributed by atoms with E-state index in [-0.39, 0.29) is 40.5 Å². The molecule has 0 amide bonds. The molecule has 10 heteroatoms. The van der Waals surface area contributed by atoms with Crippen molar-refractivity contribution < 1.29 is 23.9 Å². The Kier molecular flexibility index (Phi) is 5.31. The number of carbonyl (C=O) groups is 1. The predicted molar refractivity (Wildman–Crippen MR) is 117 cm³/mol. The Hall–Kier alpha value is -3.92. The summed E-state index contributed by atoms with van der Waals surface area (Å²) in [5.74, 6) is 0.516. The molecule has 0 atom stereocenters. The van der Waals surface area contributed by atoms with Crippen LogP contribution >= 0.6 is 0 Å². The molecule has 0 saturated heterocycles. The standard InChI is InChI=1S/C22H21N3O7/c1-30-15-10-14-17(21(32-3)20(15)31-2)18-16(19(14)26)12-6-5-11(25(28)29)9-13(12)22(27)24(18)8-4-7-23/h5-6,9-10H,4,7-8,23H2,1-3H3. The number of non-ortho nitro benzene ring substituents is 1. The van der Waals surface area contributed by atoms with Crippen molar-refractivity contribution in [2.24, 2.45) is 5.73 Å². The van der Waals surface area contributed by atoms with E-state index in [9.17, 15) is 19.7 Å². The van der Waals surface area contributed by atoms with E-state index < -0.39 is 10.5 Å². The van der Waals surface area contributed by atoms with Crippen LogP contribution in [0, 0.1) is 10.1 Å². The van der Waals surface area contributed by atoms with Gasteiger partial charge in [0.1, 0.15) is 0 Å². The highest BCUT2D eigenvalue weighted by Gasteiger charge is 2.38. The lowest BCUT2D eigenvalue weighted by atomic mass is 10.0. The molecule has 2 N–H and O–H groups in total. The number of hydrogen-bond donors (Lipinski definition) is 1. The first kappa shape index (κ1) is 21.3. The van der Waals surface area contributed by atoms with Gasteiger partial charge in [-0.05, 0) is 25.1 Å². The highest BCUT2D eigenvalue weighted by Crippen LogP contribution is 2.52. The molecule has 1 aliphatic carbocycles. The molecule has 1 aromatic heterocycles. The molecule has 1 aliphatic rings. The summed E-state index contributed by atoms with van der Waals surface area (Å²) in [5, 5.41) is 11.7. The normalized spacial score (nSPS) is 11.9. The highest BCUT2D eigenvalue weighted by molar-refractivity contribution is 6.28. The number of methoxy groups -OCH3 is 3. The van der Waals surface area contributed by atoms with Crippen LogP contribution in [0.2, 0.25) is 0 Å². The second kappa shape index (κ2) is 7.97. The van der Waals surface area contributed by atoms with E-state index in [1.165, 1.54) is 44.1 Å². The van der Waals surface area contributed by atoms with Crippen LogP contribution in [-0.4, -0.2) is 43.1 Å². The van der Waals surface area contributed by atoms with Gasteiger partial charge in [-0.15, -0.1) is 0 Å². The number of ketones is 1. The molecule has 0 saturated carbocycles. The Morgan fingerprint density at radius 1 is 1.00 bits per heavy atom. The second-order valence-corrected chi connectivity index (χ2v) is 7.21. The second-order valence-electron chi connectivity index (χ2n) is 7.21. The third kappa shape index (κ3) is 2.91. The Balaban J connectivity index is 2.19. The molecule has 0 aliphatic heterocycles. The van der Waals surface area contributed by atoms with Gasteiger partial charge in [-0.2, -0.15) is 0 Å². The molecule has 166 valence electrons. The lowest BCUT2D eigenvalue weighted by molar-refractivity contribution is -0.384. The summed E-state index contributed by atoms with van der Waals surface area (Å²) in [6.45, 7) is 0.540. The number of carbonyl (C=O) groups excluding carboxylic acids is 1. The number of nitrogens with two attached hydrogens (primary N) is 1. The van der Waals surface area contributed by atoms with Crippen LogP contribution in [-0.2, 0) is 6.54 Å². The number of benzene rings is 2. The van der Waals surface area contributed by atoms with Crippen LogP contribution < -0.4 is 25.5 Å². The molecule has 32 heavy (non-hydrogen) atoms. The summed E-state index contributed by atoms with van der Waals surface area (Å²) in [4.78, 5) is 37.7. The summed E-state index contributed by atoms with van der Waals surface area (Å²) < 4.78 is 17.9. The van der Waals surface area contributed by atoms with Gasteiger partial charge in [0.2, 0.25) is 5.75 Å². The molecule has 0 bridgehead atoms. The number of nitro benzene ring substituents is 1. The van der Waals surface area contributed by atoms with Gasteiger partial charge >= 0.3 is 0 Å². The van der Waals surface area contributed by atoms with Crippen LogP contribution in [0.5, 0.6) is 17.2 Å². The van der Waals surface area contributed by atoms with Crippen molar-refractivity contribution >= 4 is 22.2 Å². The number of pyridine rings is 1. The Morgan fingerprint density at radius 3 is 2.31 bits per heavy atom. The van der Waals surface area contributed by atoms with Crippen molar-refractivity contribution in [3.05, 3.63) is 55.9 Å². The SMILES string of the molecule is COc1cc2c(c(OC)c1OC)-c1c(c3ccc([N+](=O)[O-])cc3c(=O)n1CCCN)C2=O. The number of nitro groups is 1. The van der Waals surface area contributed by atoms with Crippen molar-refractivity contribution in [1.82, 2.24) is 4.57 Å². The number of fused-ring (bicyclic) bond motifs is 5. The van der Waals surface area contributed by atoms with E-state index in [1.54, 1.807) is 6.07 Å². The zero-order valence-corrected chi connectivity index (χ0v) is 17.8. The Morgan fingerprint density at radius 2 is 1.72 bits per heavy atom. The molecule has 0 spiro atoms. The number of hydrogen-bond acceptors (Lipinski definition) is 8. The van der Waals surface area contributed by atoms with Gasteiger partial charge in [0.05, 0.1) is 48.5 Å². The lowest BCUT2D eigenvalue weighted by Crippen LogP contribution is -2.24. The number of nitrogens with zero attached hydrogens (tertiary/aromatic N) is 2. The first-order chi connectivity index (χ1) is 15.4. The van der Waals surface area contributed by atoms with Gasteiger partial charge in [-0.25, -0.2) is 0 Å². The van der Waals surface area contributed by atoms with Crippen LogP contribution in [0.15, 0.2) is 29.1 Å². The van der Waals surface area contributed by atoms with E-state index in [1.807, 2.05) is 0 Å². The summed E-state index contributed by atoms with van der Waals surface area (Å²) in [6, 6.07) is 5.46. The van der Waals surface area contributed by atoms with Gasteiger partial charge in [-0.3, -0.25) is 19.7 Å². The lowest BCUT2D eigenvalue weighted by Gasteiger charge is -2.18. The molecule has 10 nitrogen and oxygen atoms in total. The highest BCUT2D eigenvalue weighted by atomic mass is 16.6. The fraction of sp³-hybridized carbons (Fsp3) is 0.273. The molecule has 3 aromatic rings. The van der Waals surface area contributed by atoms with Crippen LogP contribution in [0.3, 0.4) is 0 Å². The zero-order chi connectivity index (χ0) is 23.2. The summed E-state index contributed by atoms with van der Waals surface area (Å²) in [5.41, 5.74) is 6.35. The van der Waals surface area contributed by atoms with E-state index in [4.69, 9.17) is 19.9 Å². The largest absolute Gasteiger partial charge is 0.493 e. The fourth-order valence-electron chi connectivity index (χ4n) is 4.21. The van der Waals surface area contributed by atoms with Gasteiger partial charge in [0.25, 0.3) is 11.2 Å². The maximum Gasteiger partial charge on any atom is 0.270 e. The number of aromatic nitrogens is 1. The van der Waals surface area contributed by atoms with Gasteiger partial charge in [0.15, 0.2) is 17.3 Å². The third-order valence-electron chi connectivity index (χ3n) is 5.59. The van der Waals surface area contributed by atoms with Crippen LogP contribution in [0.1, 0.15) is 22.3 Å². The minimum Gasteiger partial charge on any atom is -0.493 e. The van der Waals surface area contributed by atoms with Crippen molar-refractivity contribution in [3.63, 3.8) is 0 Å². The van der Waals surface area contributed by atoms with Crippen molar-refractivity contribution in [2.45, 2.75) is 13.0 Å². The third-order valence-corrected chi connectivity index (χ3v) is 5.59. The van der Waals surface area contributed by atoms with Crippen molar-refractivity contribution in [2.75, 3.05) is 27.9 Å². The number of rotatable bonds is 7. The monoisotopic (exact) mass is 439 g/mol. The average molecular weight is 439 g/mol. The molecular formula is C22H21N3O7. The minimum atomic E-state index is -0.578. The van der Waals surface area contributed by atoms with Gasteiger partial charge < -0.3 is 24.5 Å². The van der Waals surface area contributed by atoms with E-state index in [0.29, 0.717) is 40.9 Å². The first-order valence-electron chi connectivity index (χ1n) is 9.82. The maximum absolute atomic E-state index is 13.6. The Bertz CT molecular complexity index is 1340. The van der Waals surface area contributed by atoms with Crippen LogP contribution in [0.4, 0.5) is 5.69 Å². The predicted octanol–water partition coefficient (Wildman–Crippen LogP) is 2.50. The summed E-state index contributed by atoms with van der Waals surface area (Å²) >= 11 is 0. The van der Waals surface area contributed by atoms with E-state index in [2.05, 4.69) is 0 Å². The van der Waals surface area contributed by atoms with E-state index in [0.717, 1.165) is 0 Å². The molecule has 2 aromatic carbocycles. The minimum absolute atomic E-state index is 0.0917. The summed E-state index contributed by atoms with van der Waals surface area (Å²) in [6.07, 6.45) is 0.464. The molecule has 0 radical (unpaired) electrons. The van der Waals surface area contributed by atoms with E-state index >= 15 is 0 Å². The van der Waals surface area contributed by atoms with Crippen LogP contribution in [0.25, 0.3) is 22.0 Å². The zero-order valence-electron chi connectivity index (χ0n) is 17.8. The van der Waals surface area contributed by atoms with Gasteiger partial charge in [0, 0.05) is 29.6 Å². The number of ether oxygens (including phenoxy) is 3. The molecular weight excluding hydrogens is 418 g/mol. The average Bonchev–Trinajstić information content (AvgIpc) is 3.09. The van der Waals surface area contributed by atoms with Crippen molar-refractivity contribution in [3.8, 4) is 28.5 Å².